The molecule has 4 N–H and O–H groups in total. The Morgan fingerprint density at radius 1 is 1.18 bits per heavy atom. The van der Waals surface area contributed by atoms with Crippen molar-refractivity contribution in [1.82, 2.24) is 10.2 Å². The highest BCUT2D eigenvalue weighted by atomic mass is 16.5. The number of carbonyl (C=O) groups is 2. The summed E-state index contributed by atoms with van der Waals surface area (Å²) in [4.78, 5) is 32.6. The minimum Gasteiger partial charge on any atom is -0.494 e. The molecule has 3 atom stereocenters. The Labute approximate surface area is 229 Å². The van der Waals surface area contributed by atoms with Gasteiger partial charge in [0.2, 0.25) is 5.91 Å². The molecule has 1 fully saturated rings. The maximum atomic E-state index is 13.5. The summed E-state index contributed by atoms with van der Waals surface area (Å²) < 4.78 is 5.80. The first-order chi connectivity index (χ1) is 18.9. The lowest BCUT2D eigenvalue weighted by atomic mass is 9.95. The summed E-state index contributed by atoms with van der Waals surface area (Å²) in [5.41, 5.74) is 10.2. The van der Waals surface area contributed by atoms with Crippen molar-refractivity contribution in [1.29, 1.82) is 0 Å². The number of carbonyl (C=O) groups excluding carboxylic acids is 2. The van der Waals surface area contributed by atoms with E-state index in [0.29, 0.717) is 29.9 Å². The van der Waals surface area contributed by atoms with Gasteiger partial charge in [0.15, 0.2) is 5.96 Å². The molecule has 3 unspecified atom stereocenters. The van der Waals surface area contributed by atoms with Crippen molar-refractivity contribution in [3.63, 3.8) is 0 Å². The minimum absolute atomic E-state index is 0.0936. The van der Waals surface area contributed by atoms with Crippen molar-refractivity contribution in [2.24, 2.45) is 10.7 Å². The zero-order valence-electron chi connectivity index (χ0n) is 22.9. The van der Waals surface area contributed by atoms with Crippen LogP contribution < -0.4 is 15.8 Å². The number of fused-ring (bicyclic) bond motifs is 5. The summed E-state index contributed by atoms with van der Waals surface area (Å²) in [5, 5.41) is 14.4. The van der Waals surface area contributed by atoms with Crippen LogP contribution in [0, 0.1) is 0 Å². The molecule has 2 amide bonds. The topological polar surface area (TPSA) is 117 Å². The second-order valence-corrected chi connectivity index (χ2v) is 10.5. The third kappa shape index (κ3) is 4.93. The first-order valence-corrected chi connectivity index (χ1v) is 14.1. The van der Waals surface area contributed by atoms with Gasteiger partial charge in [-0.15, -0.1) is 0 Å². The Balaban J connectivity index is 0.00000151. The lowest BCUT2D eigenvalue weighted by molar-refractivity contribution is -0.128. The number of hydrogen-bond donors (Lipinski definition) is 3. The molecule has 1 spiro atoms. The summed E-state index contributed by atoms with van der Waals surface area (Å²) >= 11 is 0. The van der Waals surface area contributed by atoms with Crippen LogP contribution in [0.3, 0.4) is 0 Å². The second-order valence-electron chi connectivity index (χ2n) is 10.5. The number of nitrogens with zero attached hydrogens (tertiary/aromatic N) is 2. The second kappa shape index (κ2) is 10.8. The number of rotatable bonds is 2. The quantitative estimate of drug-likeness (QED) is 0.538. The molecule has 2 aliphatic carbocycles. The number of aliphatic imine (C=N–C) groups is 1. The number of benzene rings is 2. The van der Waals surface area contributed by atoms with E-state index in [4.69, 9.17) is 10.5 Å². The van der Waals surface area contributed by atoms with E-state index in [1.165, 1.54) is 4.90 Å². The number of aliphatic hydroxyl groups excluding tert-OH is 1. The number of hydrogen-bond acceptors (Lipinski definition) is 6. The summed E-state index contributed by atoms with van der Waals surface area (Å²) in [5.74, 6) is 0.400. The fraction of sp³-hybridized carbons (Fsp3) is 0.452. The first-order valence-electron chi connectivity index (χ1n) is 14.1. The Hall–Kier alpha value is -3.65. The molecule has 0 saturated heterocycles. The van der Waals surface area contributed by atoms with E-state index in [1.807, 2.05) is 20.8 Å². The molecule has 7 rings (SSSR count). The van der Waals surface area contributed by atoms with Gasteiger partial charge in [-0.25, -0.2) is 4.99 Å². The van der Waals surface area contributed by atoms with E-state index >= 15 is 0 Å². The van der Waals surface area contributed by atoms with Crippen molar-refractivity contribution in [2.45, 2.75) is 83.0 Å². The average Bonchev–Trinajstić information content (AvgIpc) is 3.71. The van der Waals surface area contributed by atoms with Gasteiger partial charge >= 0.3 is 0 Å². The van der Waals surface area contributed by atoms with Gasteiger partial charge in [0.25, 0.3) is 5.91 Å². The molecule has 3 heterocycles. The van der Waals surface area contributed by atoms with Crippen LogP contribution >= 0.6 is 0 Å². The number of allylic oxidation sites excluding steroid dienone is 1. The molecule has 3 aliphatic heterocycles. The SMILES string of the molecule is CC.CCOc1ccc2cc1CN1C(=O)CC(CC/C=C/c3ccc4c(c3)C(NC2=O)C(O)C42CC2)N=C1N. The molecule has 5 aliphatic rings. The van der Waals surface area contributed by atoms with Gasteiger partial charge < -0.3 is 20.9 Å². The Kier molecular flexibility index (Phi) is 7.49. The Bertz CT molecular complexity index is 1330. The van der Waals surface area contributed by atoms with E-state index in [9.17, 15) is 14.7 Å². The van der Waals surface area contributed by atoms with Crippen LogP contribution in [0.15, 0.2) is 47.5 Å². The molecule has 0 aromatic heterocycles. The predicted molar refractivity (Wildman–Crippen MR) is 151 cm³/mol. The highest BCUT2D eigenvalue weighted by Gasteiger charge is 2.59. The highest BCUT2D eigenvalue weighted by molar-refractivity contribution is 5.99. The van der Waals surface area contributed by atoms with Gasteiger partial charge in [0.1, 0.15) is 5.75 Å². The van der Waals surface area contributed by atoms with Crippen molar-refractivity contribution in [2.75, 3.05) is 6.61 Å². The van der Waals surface area contributed by atoms with Crippen LogP contribution in [0.4, 0.5) is 0 Å². The fourth-order valence-corrected chi connectivity index (χ4v) is 6.02. The van der Waals surface area contributed by atoms with Gasteiger partial charge in [-0.3, -0.25) is 14.5 Å². The number of nitrogens with one attached hydrogen (secondary N) is 1. The van der Waals surface area contributed by atoms with Gasteiger partial charge in [-0.1, -0.05) is 38.1 Å². The molecule has 206 valence electrons. The third-order valence-corrected chi connectivity index (χ3v) is 8.13. The van der Waals surface area contributed by atoms with E-state index in [-0.39, 0.29) is 35.8 Å². The van der Waals surface area contributed by atoms with E-state index in [0.717, 1.165) is 42.4 Å². The molecule has 1 saturated carbocycles. The lowest BCUT2D eigenvalue weighted by Crippen LogP contribution is -2.46. The predicted octanol–water partition coefficient (Wildman–Crippen LogP) is 4.21. The maximum absolute atomic E-state index is 13.5. The monoisotopic (exact) mass is 530 g/mol. The van der Waals surface area contributed by atoms with Gasteiger partial charge in [-0.05, 0) is 73.6 Å². The highest BCUT2D eigenvalue weighted by Crippen LogP contribution is 2.60. The summed E-state index contributed by atoms with van der Waals surface area (Å²) in [7, 11) is 0. The van der Waals surface area contributed by atoms with Gasteiger partial charge in [-0.2, -0.15) is 0 Å². The van der Waals surface area contributed by atoms with Gasteiger partial charge in [0.05, 0.1) is 31.3 Å². The van der Waals surface area contributed by atoms with E-state index in [1.54, 1.807) is 18.2 Å². The largest absolute Gasteiger partial charge is 0.494 e. The molecule has 6 bridgehead atoms. The van der Waals surface area contributed by atoms with Crippen LogP contribution in [-0.2, 0) is 16.8 Å². The van der Waals surface area contributed by atoms with Crippen LogP contribution in [0.5, 0.6) is 5.75 Å². The Morgan fingerprint density at radius 2 is 1.97 bits per heavy atom. The Morgan fingerprint density at radius 3 is 2.69 bits per heavy atom. The normalized spacial score (nSPS) is 25.6. The summed E-state index contributed by atoms with van der Waals surface area (Å²) in [6.45, 7) is 6.50. The van der Waals surface area contributed by atoms with Crippen molar-refractivity contribution in [3.8, 4) is 5.75 Å². The number of guanidine groups is 1. The molecule has 8 heteroatoms. The zero-order chi connectivity index (χ0) is 27.7. The fourth-order valence-electron chi connectivity index (χ4n) is 6.02. The molecule has 2 aromatic carbocycles. The van der Waals surface area contributed by atoms with Crippen molar-refractivity contribution in [3.05, 3.63) is 70.3 Å². The third-order valence-electron chi connectivity index (χ3n) is 8.13. The molecular formula is C31H38N4O4. The minimum atomic E-state index is -0.672. The smallest absolute Gasteiger partial charge is 0.251 e. The molecule has 39 heavy (non-hydrogen) atoms. The number of nitrogens with two attached hydrogens (primary N) is 1. The molecule has 0 radical (unpaired) electrons. The van der Waals surface area contributed by atoms with Crippen molar-refractivity contribution < 1.29 is 19.4 Å². The molecule has 8 nitrogen and oxygen atoms in total. The summed E-state index contributed by atoms with van der Waals surface area (Å²) in [6.07, 6.45) is 7.07. The number of amides is 2. The maximum Gasteiger partial charge on any atom is 0.251 e. The van der Waals surface area contributed by atoms with Crippen LogP contribution in [0.25, 0.3) is 6.08 Å². The van der Waals surface area contributed by atoms with Crippen molar-refractivity contribution >= 4 is 23.8 Å². The first kappa shape index (κ1) is 26.9. The van der Waals surface area contributed by atoms with Crippen LogP contribution in [0.2, 0.25) is 0 Å². The standard InChI is InChI=1S/C29H32N4O4.C2H6/c1-2-37-23-10-8-18-14-19(23)16-33-24(34)15-20(31-28(33)30)6-4-3-5-17-7-9-22-21(13-17)25(32-27(18)36)26(35)29(22)11-12-29;1-2/h3,5,7-10,13-14,20,25-26,35H,2,4,6,11-12,15-16H2,1H3,(H2,30,31)(H,32,36);1-2H3/b5-3+;. The van der Waals surface area contributed by atoms with Gasteiger partial charge in [0, 0.05) is 23.0 Å². The van der Waals surface area contributed by atoms with E-state index < -0.39 is 12.1 Å². The number of aliphatic hydroxyl groups is 1. The van der Waals surface area contributed by atoms with E-state index in [2.05, 4.69) is 40.7 Å². The lowest BCUT2D eigenvalue weighted by Gasteiger charge is -2.29. The van der Waals surface area contributed by atoms with Crippen LogP contribution in [0.1, 0.15) is 91.5 Å². The molecule has 2 aromatic rings. The summed E-state index contributed by atoms with van der Waals surface area (Å²) in [6, 6.07) is 10.8. The number of ether oxygens (including phenoxy) is 1. The molecular weight excluding hydrogens is 492 g/mol. The average molecular weight is 531 g/mol. The van der Waals surface area contributed by atoms with Crippen LogP contribution in [-0.4, -0.2) is 46.5 Å². The zero-order valence-corrected chi connectivity index (χ0v) is 22.9.